The first kappa shape index (κ1) is 13.4. The van der Waals surface area contributed by atoms with Crippen LogP contribution in [0.25, 0.3) is 0 Å². The smallest absolute Gasteiger partial charge is 0.0620 e. The van der Waals surface area contributed by atoms with Crippen LogP contribution in [-0.4, -0.2) is 23.9 Å². The molecule has 0 atom stereocenters. The third-order valence-electron chi connectivity index (χ3n) is 3.80. The van der Waals surface area contributed by atoms with Crippen molar-refractivity contribution in [3.8, 4) is 0 Å². The molecule has 0 N–H and O–H groups in total. The van der Waals surface area contributed by atoms with Gasteiger partial charge in [-0.1, -0.05) is 40.0 Å². The lowest BCUT2D eigenvalue weighted by Gasteiger charge is -2.44. The van der Waals surface area contributed by atoms with E-state index in [0.29, 0.717) is 4.75 Å². The van der Waals surface area contributed by atoms with Crippen LogP contribution in [0.4, 0.5) is 0 Å². The molecule has 0 radical (unpaired) electrons. The molecular formula is C13H28OS. The Kier molecular flexibility index (Phi) is 4.54. The third kappa shape index (κ3) is 3.99. The van der Waals surface area contributed by atoms with Crippen LogP contribution in [0.1, 0.15) is 52.9 Å². The summed E-state index contributed by atoms with van der Waals surface area (Å²) in [6, 6.07) is 0. The predicted octanol–water partition coefficient (Wildman–Crippen LogP) is 4.36. The molecule has 1 nitrogen and oxygen atoms in total. The van der Waals surface area contributed by atoms with E-state index in [0.717, 1.165) is 12.5 Å². The van der Waals surface area contributed by atoms with Gasteiger partial charge in [0.1, 0.15) is 0 Å². The van der Waals surface area contributed by atoms with Crippen molar-refractivity contribution in [2.24, 2.45) is 5.92 Å². The molecule has 0 aromatic heterocycles. The van der Waals surface area contributed by atoms with Gasteiger partial charge in [-0.2, -0.15) is 0 Å². The van der Waals surface area contributed by atoms with Gasteiger partial charge in [-0.3, -0.25) is 0 Å². The maximum Gasteiger partial charge on any atom is 0.0620 e. The van der Waals surface area contributed by atoms with E-state index in [-0.39, 0.29) is 0 Å². The van der Waals surface area contributed by atoms with E-state index in [1.54, 1.807) is 0 Å². The predicted molar refractivity (Wildman–Crippen MR) is 71.7 cm³/mol. The second-order valence-electron chi connectivity index (χ2n) is 6.13. The number of hydrogen-bond acceptors (Lipinski definition) is 1. The van der Waals surface area contributed by atoms with Gasteiger partial charge in [0.25, 0.3) is 0 Å². The molecule has 0 amide bonds. The second kappa shape index (κ2) is 5.09. The maximum atomic E-state index is 6.22. The zero-order valence-electron chi connectivity index (χ0n) is 11.1. The normalized spacial score (nSPS) is 21.7. The lowest BCUT2D eigenvalue weighted by atomic mass is 9.90. The molecule has 1 aliphatic rings. The van der Waals surface area contributed by atoms with Crippen LogP contribution in [0, 0.1) is 5.92 Å². The van der Waals surface area contributed by atoms with Crippen molar-refractivity contribution >= 4 is 10.3 Å². The summed E-state index contributed by atoms with van der Waals surface area (Å²) in [5.41, 5.74) is 0. The molecule has 1 fully saturated rings. The average Bonchev–Trinajstić information content (AvgIpc) is 2.15. The summed E-state index contributed by atoms with van der Waals surface area (Å²) in [5, 5.41) is 0. The molecular weight excluding hydrogens is 204 g/mol. The lowest BCUT2D eigenvalue weighted by Crippen LogP contribution is -2.27. The standard InChI is InChI=1S/C13H28OS/c1-13(2,3)15(4,5)14-11-12-9-7-6-8-10-12/h12H,6-11H2,1-5H3. The molecule has 2 heteroatoms. The van der Waals surface area contributed by atoms with Crippen LogP contribution in [0.5, 0.6) is 0 Å². The van der Waals surface area contributed by atoms with E-state index >= 15 is 0 Å². The molecule has 92 valence electrons. The van der Waals surface area contributed by atoms with Crippen LogP contribution in [0.2, 0.25) is 0 Å². The Morgan fingerprint density at radius 2 is 1.60 bits per heavy atom. The van der Waals surface area contributed by atoms with Gasteiger partial charge >= 0.3 is 0 Å². The van der Waals surface area contributed by atoms with Crippen molar-refractivity contribution in [1.29, 1.82) is 0 Å². The number of rotatable bonds is 3. The van der Waals surface area contributed by atoms with Gasteiger partial charge in [0.2, 0.25) is 0 Å². The topological polar surface area (TPSA) is 9.23 Å². The summed E-state index contributed by atoms with van der Waals surface area (Å²) < 4.78 is 6.52. The summed E-state index contributed by atoms with van der Waals surface area (Å²) in [5.74, 6) is 0.841. The molecule has 1 aliphatic carbocycles. The van der Waals surface area contributed by atoms with Crippen LogP contribution < -0.4 is 0 Å². The minimum absolute atomic E-state index is 0.307. The van der Waals surface area contributed by atoms with Crippen molar-refractivity contribution in [2.45, 2.75) is 57.6 Å². The van der Waals surface area contributed by atoms with E-state index in [4.69, 9.17) is 4.18 Å². The van der Waals surface area contributed by atoms with E-state index in [1.807, 2.05) is 0 Å². The molecule has 0 saturated heterocycles. The van der Waals surface area contributed by atoms with Crippen molar-refractivity contribution in [3.63, 3.8) is 0 Å². The monoisotopic (exact) mass is 232 g/mol. The van der Waals surface area contributed by atoms with Gasteiger partial charge in [-0.15, -0.1) is 10.3 Å². The first-order valence-corrected chi connectivity index (χ1v) is 8.58. The molecule has 0 unspecified atom stereocenters. The van der Waals surface area contributed by atoms with Crippen LogP contribution in [-0.2, 0) is 4.18 Å². The highest BCUT2D eigenvalue weighted by molar-refractivity contribution is 8.29. The SMILES string of the molecule is CC(C)(C)S(C)(C)OCC1CCCCC1. The lowest BCUT2D eigenvalue weighted by molar-refractivity contribution is 0.225. The maximum absolute atomic E-state index is 6.22. The van der Waals surface area contributed by atoms with Gasteiger partial charge in [0, 0.05) is 4.75 Å². The van der Waals surface area contributed by atoms with Gasteiger partial charge in [-0.25, -0.2) is 0 Å². The molecule has 15 heavy (non-hydrogen) atoms. The van der Waals surface area contributed by atoms with Crippen molar-refractivity contribution < 1.29 is 4.18 Å². The van der Waals surface area contributed by atoms with E-state index in [9.17, 15) is 0 Å². The number of hydrogen-bond donors (Lipinski definition) is 0. The Balaban J connectivity index is 2.35. The second-order valence-corrected chi connectivity index (χ2v) is 10.1. The molecule has 0 aliphatic heterocycles. The third-order valence-corrected chi connectivity index (χ3v) is 7.47. The molecule has 0 aromatic rings. The first-order chi connectivity index (χ1) is 6.83. The molecule has 1 rings (SSSR count). The van der Waals surface area contributed by atoms with Crippen molar-refractivity contribution in [3.05, 3.63) is 0 Å². The Morgan fingerprint density at radius 3 is 2.07 bits per heavy atom. The zero-order chi connectivity index (χ0) is 11.5. The Labute approximate surface area is 97.5 Å². The molecule has 0 heterocycles. The largest absolute Gasteiger partial charge is 0.336 e. The Bertz CT molecular complexity index is 187. The summed E-state index contributed by atoms with van der Waals surface area (Å²) >= 11 is 0. The van der Waals surface area contributed by atoms with E-state index in [1.165, 1.54) is 32.1 Å². The average molecular weight is 232 g/mol. The van der Waals surface area contributed by atoms with Crippen molar-refractivity contribution in [1.82, 2.24) is 0 Å². The molecule has 0 aromatic carbocycles. The van der Waals surface area contributed by atoms with E-state index < -0.39 is 10.3 Å². The van der Waals surface area contributed by atoms with Gasteiger partial charge in [-0.05, 0) is 31.3 Å². The minimum atomic E-state index is -0.897. The molecule has 0 bridgehead atoms. The zero-order valence-corrected chi connectivity index (χ0v) is 12.0. The molecule has 1 saturated carbocycles. The molecule has 0 spiro atoms. The van der Waals surface area contributed by atoms with Crippen LogP contribution >= 0.6 is 10.3 Å². The quantitative estimate of drug-likeness (QED) is 0.702. The van der Waals surface area contributed by atoms with Gasteiger partial charge in [0.15, 0.2) is 0 Å². The summed E-state index contributed by atoms with van der Waals surface area (Å²) in [4.78, 5) is 0. The van der Waals surface area contributed by atoms with Crippen molar-refractivity contribution in [2.75, 3.05) is 19.1 Å². The van der Waals surface area contributed by atoms with Gasteiger partial charge < -0.3 is 4.18 Å². The summed E-state index contributed by atoms with van der Waals surface area (Å²) in [6.07, 6.45) is 11.6. The Morgan fingerprint density at radius 1 is 1.07 bits per heavy atom. The summed E-state index contributed by atoms with van der Waals surface area (Å²) in [7, 11) is -0.897. The fraction of sp³-hybridized carbons (Fsp3) is 1.00. The van der Waals surface area contributed by atoms with Crippen LogP contribution in [0.3, 0.4) is 0 Å². The van der Waals surface area contributed by atoms with E-state index in [2.05, 4.69) is 33.3 Å². The highest BCUT2D eigenvalue weighted by Crippen LogP contribution is 2.54. The summed E-state index contributed by atoms with van der Waals surface area (Å²) in [6.45, 7) is 7.88. The minimum Gasteiger partial charge on any atom is -0.336 e. The van der Waals surface area contributed by atoms with Crippen LogP contribution in [0.15, 0.2) is 0 Å². The highest BCUT2D eigenvalue weighted by Gasteiger charge is 2.29. The van der Waals surface area contributed by atoms with Gasteiger partial charge in [0.05, 0.1) is 6.61 Å². The Hall–Kier alpha value is 0.310. The first-order valence-electron chi connectivity index (χ1n) is 6.20. The fourth-order valence-electron chi connectivity index (χ4n) is 1.80. The fourth-order valence-corrected chi connectivity index (χ4v) is 2.68. The highest BCUT2D eigenvalue weighted by atomic mass is 32.3.